The van der Waals surface area contributed by atoms with Gasteiger partial charge in [-0.25, -0.2) is 9.97 Å². The lowest BCUT2D eigenvalue weighted by Gasteiger charge is -2.17. The number of nitrogens with zero attached hydrogens (tertiary/aromatic N) is 4. The van der Waals surface area contributed by atoms with E-state index in [1.165, 1.54) is 31.5 Å². The number of rotatable bonds is 6. The van der Waals surface area contributed by atoms with Gasteiger partial charge in [-0.15, -0.1) is 0 Å². The molecule has 1 aliphatic rings. The van der Waals surface area contributed by atoms with Crippen molar-refractivity contribution >= 4 is 40.4 Å². The van der Waals surface area contributed by atoms with Crippen LogP contribution >= 0.6 is 0 Å². The summed E-state index contributed by atoms with van der Waals surface area (Å²) in [6.45, 7) is 3.56. The first kappa shape index (κ1) is 21.1. The average molecular weight is 421 g/mol. The third-order valence-corrected chi connectivity index (χ3v) is 4.34. The number of aromatic nitrogens is 3. The summed E-state index contributed by atoms with van der Waals surface area (Å²) in [6.07, 6.45) is 0.213. The number of fused-ring (bicyclic) bond motifs is 1. The van der Waals surface area contributed by atoms with Gasteiger partial charge in [-0.3, -0.25) is 29.1 Å². The molecule has 0 saturated carbocycles. The highest BCUT2D eigenvalue weighted by Gasteiger charge is 2.41. The maximum Gasteiger partial charge on any atom is 0.303 e. The van der Waals surface area contributed by atoms with Gasteiger partial charge in [-0.1, -0.05) is 0 Å². The summed E-state index contributed by atoms with van der Waals surface area (Å²) in [6, 6.07) is 0. The fraction of sp³-hybridized carbons (Fsp3) is 0.471. The number of hydrogen-bond donors (Lipinski definition) is 1. The molecular weight excluding hydrogens is 402 g/mol. The van der Waals surface area contributed by atoms with Crippen LogP contribution in [0.2, 0.25) is 0 Å². The van der Waals surface area contributed by atoms with Crippen molar-refractivity contribution in [1.82, 2.24) is 14.5 Å². The van der Waals surface area contributed by atoms with Crippen LogP contribution < -0.4 is 5.32 Å². The number of amides is 1. The van der Waals surface area contributed by atoms with E-state index in [9.17, 15) is 24.5 Å². The molecule has 1 aliphatic heterocycles. The molecule has 0 unspecified atom stereocenters. The molecule has 3 heterocycles. The quantitative estimate of drug-likeness (QED) is 0.405. The number of carbonyl (C=O) groups is 3. The van der Waals surface area contributed by atoms with Crippen molar-refractivity contribution in [3.8, 4) is 0 Å². The molecule has 0 bridgehead atoms. The Balaban J connectivity index is 2.01. The number of carbonyl (C=O) groups excluding carboxylic acids is 3. The maximum absolute atomic E-state index is 11.6. The molecule has 3 atom stereocenters. The van der Waals surface area contributed by atoms with Gasteiger partial charge in [-0.2, -0.15) is 0 Å². The van der Waals surface area contributed by atoms with E-state index in [0.29, 0.717) is 0 Å². The van der Waals surface area contributed by atoms with Crippen molar-refractivity contribution in [2.75, 3.05) is 11.9 Å². The average Bonchev–Trinajstić information content (AvgIpc) is 3.21. The van der Waals surface area contributed by atoms with Crippen LogP contribution in [0.1, 0.15) is 33.4 Å². The molecule has 160 valence electrons. The molecule has 0 aromatic carbocycles. The lowest BCUT2D eigenvalue weighted by Crippen LogP contribution is -2.31. The van der Waals surface area contributed by atoms with Crippen molar-refractivity contribution in [3.63, 3.8) is 0 Å². The number of esters is 2. The lowest BCUT2D eigenvalue weighted by atomic mass is 10.2. The number of nitrogens with one attached hydrogen (secondary N) is 1. The number of anilines is 1. The van der Waals surface area contributed by atoms with Crippen LogP contribution in [-0.2, 0) is 28.6 Å². The van der Waals surface area contributed by atoms with Gasteiger partial charge in [0.25, 0.3) is 5.69 Å². The van der Waals surface area contributed by atoms with E-state index in [2.05, 4.69) is 15.3 Å². The fourth-order valence-electron chi connectivity index (χ4n) is 3.24. The Morgan fingerprint density at radius 1 is 1.30 bits per heavy atom. The number of ether oxygens (including phenoxy) is 3. The molecule has 30 heavy (non-hydrogen) atoms. The van der Waals surface area contributed by atoms with E-state index in [-0.39, 0.29) is 35.6 Å². The normalized spacial score (nSPS) is 20.7. The summed E-state index contributed by atoms with van der Waals surface area (Å²) in [4.78, 5) is 53.0. The van der Waals surface area contributed by atoms with Gasteiger partial charge in [0.1, 0.15) is 36.8 Å². The maximum atomic E-state index is 11.6. The molecule has 0 radical (unpaired) electrons. The zero-order valence-corrected chi connectivity index (χ0v) is 16.4. The van der Waals surface area contributed by atoms with E-state index in [1.807, 2.05) is 0 Å². The summed E-state index contributed by atoms with van der Waals surface area (Å²) in [7, 11) is 0. The summed E-state index contributed by atoms with van der Waals surface area (Å²) in [5, 5.41) is 14.1. The Kier molecular flexibility index (Phi) is 5.91. The molecule has 0 spiro atoms. The SMILES string of the molecule is CC(=O)Nc1ncnc2c1c([N+](=O)[O-])cn2[C@H]1C[C@H](OC(C)=O)[C@@H](COC(C)=O)O1. The molecule has 0 aliphatic carbocycles. The van der Waals surface area contributed by atoms with Crippen molar-refractivity contribution < 1.29 is 33.5 Å². The van der Waals surface area contributed by atoms with Crippen LogP contribution in [0.15, 0.2) is 12.5 Å². The highest BCUT2D eigenvalue weighted by atomic mass is 16.6. The first-order valence-corrected chi connectivity index (χ1v) is 8.91. The van der Waals surface area contributed by atoms with Gasteiger partial charge < -0.3 is 19.5 Å². The van der Waals surface area contributed by atoms with Crippen molar-refractivity contribution in [2.45, 2.75) is 45.6 Å². The summed E-state index contributed by atoms with van der Waals surface area (Å²) in [5.74, 6) is -1.54. The monoisotopic (exact) mass is 421 g/mol. The van der Waals surface area contributed by atoms with Gasteiger partial charge in [0, 0.05) is 27.2 Å². The molecule has 1 fully saturated rings. The van der Waals surface area contributed by atoms with E-state index in [1.54, 1.807) is 0 Å². The third kappa shape index (κ3) is 4.35. The fourth-order valence-corrected chi connectivity index (χ4v) is 3.24. The summed E-state index contributed by atoms with van der Waals surface area (Å²) in [5.41, 5.74) is -0.175. The van der Waals surface area contributed by atoms with E-state index in [4.69, 9.17) is 14.2 Å². The van der Waals surface area contributed by atoms with Crippen LogP contribution in [-0.4, -0.2) is 56.1 Å². The Hall–Kier alpha value is -3.61. The van der Waals surface area contributed by atoms with Crippen molar-refractivity contribution in [1.29, 1.82) is 0 Å². The lowest BCUT2D eigenvalue weighted by molar-refractivity contribution is -0.383. The van der Waals surface area contributed by atoms with Crippen LogP contribution in [0.5, 0.6) is 0 Å². The first-order chi connectivity index (χ1) is 14.2. The molecule has 2 aromatic heterocycles. The Labute approximate surface area is 169 Å². The Bertz CT molecular complexity index is 1020. The second-order valence-electron chi connectivity index (χ2n) is 6.60. The van der Waals surface area contributed by atoms with Crippen LogP contribution in [0.4, 0.5) is 11.5 Å². The molecule has 1 saturated heterocycles. The smallest absolute Gasteiger partial charge is 0.303 e. The predicted molar refractivity (Wildman–Crippen MR) is 99.2 cm³/mol. The zero-order valence-electron chi connectivity index (χ0n) is 16.4. The standard InChI is InChI=1S/C17H19N5O8/c1-8(23)20-16-15-11(22(26)27)5-21(17(15)19-7-18-16)14-4-12(29-10(3)25)13(30-14)6-28-9(2)24/h5,7,12-14H,4,6H2,1-3H3,(H,18,19,20,23)/t12-,13+,14+/m0/s1. The second-order valence-corrected chi connectivity index (χ2v) is 6.60. The minimum atomic E-state index is -0.800. The Morgan fingerprint density at radius 2 is 2.03 bits per heavy atom. The van der Waals surface area contributed by atoms with Gasteiger partial charge in [-0.05, 0) is 0 Å². The highest BCUT2D eigenvalue weighted by Crippen LogP contribution is 2.38. The Morgan fingerprint density at radius 3 is 2.63 bits per heavy atom. The summed E-state index contributed by atoms with van der Waals surface area (Å²) >= 11 is 0. The topological polar surface area (TPSA) is 165 Å². The minimum Gasteiger partial charge on any atom is -0.463 e. The van der Waals surface area contributed by atoms with Crippen LogP contribution in [0.25, 0.3) is 11.0 Å². The van der Waals surface area contributed by atoms with Crippen LogP contribution in [0, 0.1) is 10.1 Å². The van der Waals surface area contributed by atoms with E-state index < -0.39 is 41.2 Å². The van der Waals surface area contributed by atoms with Gasteiger partial charge in [0.2, 0.25) is 5.91 Å². The molecular formula is C17H19N5O8. The van der Waals surface area contributed by atoms with Crippen molar-refractivity contribution in [2.24, 2.45) is 0 Å². The van der Waals surface area contributed by atoms with Gasteiger partial charge in [0.05, 0.1) is 11.1 Å². The summed E-state index contributed by atoms with van der Waals surface area (Å²) < 4.78 is 17.5. The predicted octanol–water partition coefficient (Wildman–Crippen LogP) is 1.08. The molecule has 13 heteroatoms. The zero-order chi connectivity index (χ0) is 22.0. The van der Waals surface area contributed by atoms with Crippen LogP contribution in [0.3, 0.4) is 0 Å². The van der Waals surface area contributed by atoms with Crippen molar-refractivity contribution in [3.05, 3.63) is 22.6 Å². The number of hydrogen-bond acceptors (Lipinski definition) is 10. The molecule has 1 amide bonds. The van der Waals surface area contributed by atoms with E-state index >= 15 is 0 Å². The third-order valence-electron chi connectivity index (χ3n) is 4.34. The molecule has 3 rings (SSSR count). The van der Waals surface area contributed by atoms with Gasteiger partial charge >= 0.3 is 11.9 Å². The second kappa shape index (κ2) is 8.41. The molecule has 13 nitrogen and oxygen atoms in total. The largest absolute Gasteiger partial charge is 0.463 e. The van der Waals surface area contributed by atoms with Gasteiger partial charge in [0.15, 0.2) is 11.5 Å². The molecule has 1 N–H and O–H groups in total. The number of nitro groups is 1. The highest BCUT2D eigenvalue weighted by molar-refractivity contribution is 6.02. The minimum absolute atomic E-state index is 0.0102. The van der Waals surface area contributed by atoms with E-state index in [0.717, 1.165) is 6.33 Å². The molecule has 2 aromatic rings. The first-order valence-electron chi connectivity index (χ1n) is 8.91.